The molecule has 0 radical (unpaired) electrons. The fraction of sp³-hybridized carbons (Fsp3) is 0.120. The van der Waals surface area contributed by atoms with E-state index >= 15 is 0 Å². The number of rotatable bonds is 1. The number of ether oxygens (including phenoxy) is 1. The lowest BCUT2D eigenvalue weighted by Crippen LogP contribution is -2.33. The summed E-state index contributed by atoms with van der Waals surface area (Å²) in [4.78, 5) is 3.80. The van der Waals surface area contributed by atoms with Crippen molar-refractivity contribution in [1.29, 1.82) is 0 Å². The van der Waals surface area contributed by atoms with Crippen molar-refractivity contribution in [1.82, 2.24) is 0 Å². The summed E-state index contributed by atoms with van der Waals surface area (Å²) in [6.45, 7) is 1.65. The van der Waals surface area contributed by atoms with Gasteiger partial charge in [0, 0.05) is 17.0 Å². The van der Waals surface area contributed by atoms with E-state index in [9.17, 15) is 5.11 Å². The summed E-state index contributed by atoms with van der Waals surface area (Å²) in [6, 6.07) is 20.5. The third-order valence-corrected chi connectivity index (χ3v) is 5.22. The minimum Gasteiger partial charge on any atom is -0.862 e. The molecule has 0 fully saturated rings. The van der Waals surface area contributed by atoms with Crippen LogP contribution in [-0.4, -0.2) is 12.4 Å². The predicted molar refractivity (Wildman–Crippen MR) is 113 cm³/mol. The smallest absolute Gasteiger partial charge is 0.228 e. The first-order valence-corrected chi connectivity index (χ1v) is 9.46. The maximum atomic E-state index is 11.0. The highest BCUT2D eigenvalue weighted by Crippen LogP contribution is 2.46. The van der Waals surface area contributed by atoms with E-state index in [-0.39, 0.29) is 12.4 Å². The molecule has 0 saturated carbocycles. The normalized spacial score (nSPS) is 12.3. The lowest BCUT2D eigenvalue weighted by molar-refractivity contribution is -0.632. The van der Waals surface area contributed by atoms with E-state index in [4.69, 9.17) is 4.74 Å². The first-order chi connectivity index (χ1) is 14.1. The van der Waals surface area contributed by atoms with Gasteiger partial charge >= 0.3 is 0 Å². The number of hydrogen-bond donors (Lipinski definition) is 0. The molecule has 0 bridgehead atoms. The molecule has 140 valence electrons. The summed E-state index contributed by atoms with van der Waals surface area (Å²) in [5.74, 6) is 7.60. The number of aliphatic imine (C=N–C) groups is 1. The summed E-state index contributed by atoms with van der Waals surface area (Å²) in [5, 5.41) is 14.3. The Kier molecular flexibility index (Phi) is 3.96. The van der Waals surface area contributed by atoms with E-state index in [1.807, 2.05) is 36.4 Å². The average Bonchev–Trinajstić information content (AvgIpc) is 2.73. The fourth-order valence-electron chi connectivity index (χ4n) is 3.97. The van der Waals surface area contributed by atoms with E-state index in [1.54, 1.807) is 0 Å². The third-order valence-electron chi connectivity index (χ3n) is 5.22. The van der Waals surface area contributed by atoms with Gasteiger partial charge in [-0.2, -0.15) is 4.57 Å². The van der Waals surface area contributed by atoms with Crippen molar-refractivity contribution >= 4 is 27.6 Å². The second-order valence-electron chi connectivity index (χ2n) is 7.05. The standard InChI is InChI=1S/C25H18N2O2/c1-16(28)26-14-6-7-17-12-13-21-20(15-17)18-9-5-11-23-24(18)25(27(21)2)19-8-3-4-10-22(19)29-23/h3-5,8-13,15H,14H2,1-2H3. The van der Waals surface area contributed by atoms with E-state index < -0.39 is 0 Å². The number of benzene rings is 3. The Balaban J connectivity index is 1.78. The van der Waals surface area contributed by atoms with Gasteiger partial charge in [-0.05, 0) is 43.2 Å². The number of aryl methyl sites for hydroxylation is 1. The molecule has 0 amide bonds. The number of nitrogens with zero attached hydrogens (tertiary/aromatic N) is 2. The molecule has 4 nitrogen and oxygen atoms in total. The minimum absolute atomic E-state index is 0.203. The van der Waals surface area contributed by atoms with Gasteiger partial charge in [0.2, 0.25) is 11.2 Å². The second kappa shape index (κ2) is 6.65. The molecule has 1 aliphatic rings. The Morgan fingerprint density at radius 2 is 1.86 bits per heavy atom. The quantitative estimate of drug-likeness (QED) is 0.147. The lowest BCUT2D eigenvalue weighted by Gasteiger charge is -2.20. The Bertz CT molecular complexity index is 1390. The topological polar surface area (TPSA) is 48.5 Å². The zero-order chi connectivity index (χ0) is 20.0. The Morgan fingerprint density at radius 1 is 1.03 bits per heavy atom. The van der Waals surface area contributed by atoms with Gasteiger partial charge in [-0.1, -0.05) is 36.1 Å². The van der Waals surface area contributed by atoms with Crippen LogP contribution in [0.2, 0.25) is 0 Å². The summed E-state index contributed by atoms with van der Waals surface area (Å²) in [5.41, 5.74) is 4.27. The molecule has 0 spiro atoms. The molecule has 0 N–H and O–H groups in total. The van der Waals surface area contributed by atoms with Gasteiger partial charge in [-0.15, -0.1) is 0 Å². The summed E-state index contributed by atoms with van der Waals surface area (Å²) < 4.78 is 8.43. The van der Waals surface area contributed by atoms with Crippen molar-refractivity contribution in [3.8, 4) is 34.6 Å². The highest BCUT2D eigenvalue weighted by Gasteiger charge is 2.29. The molecule has 1 aromatic heterocycles. The summed E-state index contributed by atoms with van der Waals surface area (Å²) in [7, 11) is 2.09. The van der Waals surface area contributed by atoms with Crippen molar-refractivity contribution in [2.45, 2.75) is 6.92 Å². The number of fused-ring (bicyclic) bond motifs is 4. The van der Waals surface area contributed by atoms with Crippen LogP contribution in [0.5, 0.6) is 11.5 Å². The molecule has 0 aliphatic carbocycles. The number of para-hydroxylation sites is 1. The predicted octanol–water partition coefficient (Wildman–Crippen LogP) is 3.72. The number of hydrogen-bond acceptors (Lipinski definition) is 3. The van der Waals surface area contributed by atoms with Gasteiger partial charge in [-0.25, -0.2) is 0 Å². The highest BCUT2D eigenvalue weighted by atomic mass is 16.5. The molecule has 3 aromatic carbocycles. The molecule has 5 rings (SSSR count). The van der Waals surface area contributed by atoms with Crippen LogP contribution in [0.15, 0.2) is 65.7 Å². The molecule has 1 aliphatic heterocycles. The Morgan fingerprint density at radius 3 is 2.72 bits per heavy atom. The Labute approximate surface area is 168 Å². The first-order valence-electron chi connectivity index (χ1n) is 9.46. The van der Waals surface area contributed by atoms with Crippen LogP contribution in [0.3, 0.4) is 0 Å². The lowest BCUT2D eigenvalue weighted by atomic mass is 9.95. The van der Waals surface area contributed by atoms with Crippen LogP contribution in [0, 0.1) is 11.8 Å². The zero-order valence-corrected chi connectivity index (χ0v) is 16.2. The minimum atomic E-state index is -0.203. The molecular weight excluding hydrogens is 360 g/mol. The molecule has 0 unspecified atom stereocenters. The van der Waals surface area contributed by atoms with Gasteiger partial charge in [0.05, 0.1) is 22.9 Å². The molecule has 4 aromatic rings. The van der Waals surface area contributed by atoms with Crippen molar-refractivity contribution in [3.05, 3.63) is 66.2 Å². The second-order valence-corrected chi connectivity index (χ2v) is 7.05. The molecule has 4 heteroatoms. The first kappa shape index (κ1) is 17.3. The van der Waals surface area contributed by atoms with Gasteiger partial charge in [0.15, 0.2) is 0 Å². The maximum absolute atomic E-state index is 11.0. The van der Waals surface area contributed by atoms with Gasteiger partial charge in [-0.3, -0.25) is 4.99 Å². The molecule has 0 atom stereocenters. The Hall–Kier alpha value is -3.84. The van der Waals surface area contributed by atoms with Crippen molar-refractivity contribution in [3.63, 3.8) is 0 Å². The number of pyridine rings is 1. The van der Waals surface area contributed by atoms with Crippen LogP contribution in [-0.2, 0) is 7.05 Å². The monoisotopic (exact) mass is 378 g/mol. The van der Waals surface area contributed by atoms with E-state index in [0.29, 0.717) is 0 Å². The van der Waals surface area contributed by atoms with E-state index in [2.05, 4.69) is 52.7 Å². The zero-order valence-electron chi connectivity index (χ0n) is 16.2. The van der Waals surface area contributed by atoms with Crippen LogP contribution in [0.25, 0.3) is 32.9 Å². The van der Waals surface area contributed by atoms with E-state index in [1.165, 1.54) is 6.92 Å². The van der Waals surface area contributed by atoms with Crippen molar-refractivity contribution in [2.24, 2.45) is 12.0 Å². The third kappa shape index (κ3) is 2.79. The van der Waals surface area contributed by atoms with Crippen LogP contribution in [0.1, 0.15) is 12.5 Å². The summed E-state index contributed by atoms with van der Waals surface area (Å²) in [6.07, 6.45) is 0. The molecule has 0 saturated heterocycles. The average molecular weight is 378 g/mol. The fourth-order valence-corrected chi connectivity index (χ4v) is 3.97. The van der Waals surface area contributed by atoms with Gasteiger partial charge < -0.3 is 9.84 Å². The van der Waals surface area contributed by atoms with Crippen LogP contribution < -0.4 is 14.4 Å². The van der Waals surface area contributed by atoms with Crippen molar-refractivity contribution < 1.29 is 14.4 Å². The largest absolute Gasteiger partial charge is 0.862 e. The van der Waals surface area contributed by atoms with E-state index in [0.717, 1.165) is 50.0 Å². The molecule has 2 heterocycles. The van der Waals surface area contributed by atoms with Gasteiger partial charge in [0.25, 0.3) is 0 Å². The SMILES string of the molecule is CC([O-])=NCC#Cc1ccc2c(c1)c1cccc3c1c([n+]2C)-c1ccccc1O3. The summed E-state index contributed by atoms with van der Waals surface area (Å²) >= 11 is 0. The van der Waals surface area contributed by atoms with Crippen molar-refractivity contribution in [2.75, 3.05) is 6.54 Å². The molecule has 29 heavy (non-hydrogen) atoms. The van der Waals surface area contributed by atoms with Crippen LogP contribution in [0.4, 0.5) is 0 Å². The number of aromatic nitrogens is 1. The highest BCUT2D eigenvalue weighted by molar-refractivity contribution is 6.12. The van der Waals surface area contributed by atoms with Crippen LogP contribution >= 0.6 is 0 Å². The molecular formula is C25H18N2O2. The maximum Gasteiger partial charge on any atom is 0.228 e. The van der Waals surface area contributed by atoms with Gasteiger partial charge in [0.1, 0.15) is 18.5 Å².